The summed E-state index contributed by atoms with van der Waals surface area (Å²) >= 11 is 0. The number of phenolic OH excluding ortho intramolecular Hbond substituents is 1. The van der Waals surface area contributed by atoms with Gasteiger partial charge in [0.15, 0.2) is 0 Å². The Bertz CT molecular complexity index is 867. The Morgan fingerprint density at radius 2 is 1.92 bits per heavy atom. The first-order valence-electron chi connectivity index (χ1n) is 7.92. The van der Waals surface area contributed by atoms with Crippen molar-refractivity contribution in [3.05, 3.63) is 63.9 Å². The van der Waals surface area contributed by atoms with Crippen molar-refractivity contribution < 1.29 is 18.3 Å². The van der Waals surface area contributed by atoms with Crippen molar-refractivity contribution in [1.29, 1.82) is 0 Å². The molecule has 4 nitrogen and oxygen atoms in total. The van der Waals surface area contributed by atoms with Gasteiger partial charge in [-0.2, -0.15) is 13.2 Å². The lowest BCUT2D eigenvalue weighted by Crippen LogP contribution is -2.27. The zero-order chi connectivity index (χ0) is 18.2. The number of rotatable bonds is 2. The molecule has 1 unspecified atom stereocenters. The minimum atomic E-state index is -4.30. The van der Waals surface area contributed by atoms with E-state index in [1.54, 1.807) is 19.1 Å². The molecule has 1 aromatic carbocycles. The molecule has 0 saturated heterocycles. The molecule has 7 heteroatoms. The van der Waals surface area contributed by atoms with Gasteiger partial charge in [0.05, 0.1) is 5.69 Å². The molecular weight excluding hydrogens is 333 g/mol. The van der Waals surface area contributed by atoms with E-state index in [2.05, 4.69) is 4.98 Å². The van der Waals surface area contributed by atoms with Crippen LogP contribution in [-0.2, 0) is 0 Å². The number of benzene rings is 1. The summed E-state index contributed by atoms with van der Waals surface area (Å²) in [6.07, 6.45) is -2.73. The monoisotopic (exact) mass is 350 g/mol. The van der Waals surface area contributed by atoms with E-state index in [4.69, 9.17) is 0 Å². The number of aromatic hydroxyl groups is 1. The van der Waals surface area contributed by atoms with Gasteiger partial charge in [-0.3, -0.25) is 9.36 Å². The Hall–Kier alpha value is -2.57. The molecule has 1 aromatic heterocycles. The molecule has 1 aliphatic rings. The molecule has 0 spiro atoms. The Kier molecular flexibility index (Phi) is 4.41. The van der Waals surface area contributed by atoms with Gasteiger partial charge >= 0.3 is 6.18 Å². The largest absolute Gasteiger partial charge is 0.508 e. The molecule has 0 saturated carbocycles. The molecule has 0 amide bonds. The van der Waals surface area contributed by atoms with Gasteiger partial charge in [-0.1, -0.05) is 6.08 Å². The van der Waals surface area contributed by atoms with Gasteiger partial charge in [0, 0.05) is 23.3 Å². The Balaban J connectivity index is 2.04. The molecule has 3 rings (SSSR count). The van der Waals surface area contributed by atoms with Gasteiger partial charge in [-0.25, -0.2) is 4.98 Å². The summed E-state index contributed by atoms with van der Waals surface area (Å²) < 4.78 is 39.9. The van der Waals surface area contributed by atoms with E-state index in [0.29, 0.717) is 17.2 Å². The molecule has 0 radical (unpaired) electrons. The normalized spacial score (nSPS) is 18.1. The number of nitrogens with zero attached hydrogens (tertiary/aromatic N) is 2. The molecule has 0 bridgehead atoms. The second-order valence-corrected chi connectivity index (χ2v) is 6.14. The van der Waals surface area contributed by atoms with Crippen LogP contribution in [0.5, 0.6) is 5.75 Å². The minimum absolute atomic E-state index is 0.0637. The highest BCUT2D eigenvalue weighted by Crippen LogP contribution is 2.38. The first kappa shape index (κ1) is 17.3. The van der Waals surface area contributed by atoms with Crippen molar-refractivity contribution in [3.8, 4) is 11.4 Å². The van der Waals surface area contributed by atoms with Crippen LogP contribution in [0.4, 0.5) is 13.2 Å². The summed E-state index contributed by atoms with van der Waals surface area (Å²) in [5.74, 6) is 0.245. The number of aromatic nitrogens is 2. The van der Waals surface area contributed by atoms with Crippen molar-refractivity contribution in [3.63, 3.8) is 0 Å². The van der Waals surface area contributed by atoms with Crippen LogP contribution in [0.2, 0.25) is 0 Å². The third-order valence-electron chi connectivity index (χ3n) is 4.32. The van der Waals surface area contributed by atoms with E-state index in [0.717, 1.165) is 0 Å². The van der Waals surface area contributed by atoms with Gasteiger partial charge in [0.25, 0.3) is 5.56 Å². The van der Waals surface area contributed by atoms with Gasteiger partial charge < -0.3 is 5.11 Å². The van der Waals surface area contributed by atoms with E-state index in [1.807, 2.05) is 0 Å². The van der Waals surface area contributed by atoms with Crippen molar-refractivity contribution in [2.45, 2.75) is 38.3 Å². The van der Waals surface area contributed by atoms with Gasteiger partial charge in [0.2, 0.25) is 0 Å². The van der Waals surface area contributed by atoms with E-state index in [1.165, 1.54) is 28.8 Å². The zero-order valence-electron chi connectivity index (χ0n) is 13.5. The third-order valence-corrected chi connectivity index (χ3v) is 4.32. The summed E-state index contributed by atoms with van der Waals surface area (Å²) in [6.45, 7) is 1.69. The average Bonchev–Trinajstić information content (AvgIpc) is 2.55. The van der Waals surface area contributed by atoms with Crippen LogP contribution in [0.3, 0.4) is 0 Å². The second-order valence-electron chi connectivity index (χ2n) is 6.14. The molecule has 0 aliphatic heterocycles. The van der Waals surface area contributed by atoms with E-state index in [9.17, 15) is 23.1 Å². The van der Waals surface area contributed by atoms with Crippen LogP contribution in [0.25, 0.3) is 5.69 Å². The van der Waals surface area contributed by atoms with E-state index < -0.39 is 11.7 Å². The van der Waals surface area contributed by atoms with Crippen LogP contribution in [-0.4, -0.2) is 20.8 Å². The number of hydrogen-bond acceptors (Lipinski definition) is 3. The fraction of sp³-hybridized carbons (Fsp3) is 0.333. The summed E-state index contributed by atoms with van der Waals surface area (Å²) in [6, 6.07) is 7.45. The number of allylic oxidation sites excluding steroid dienone is 2. The van der Waals surface area contributed by atoms with Crippen LogP contribution in [0.15, 0.2) is 46.8 Å². The number of alkyl halides is 3. The lowest BCUT2D eigenvalue weighted by molar-refractivity contribution is -0.0952. The second kappa shape index (κ2) is 6.38. The molecule has 25 heavy (non-hydrogen) atoms. The molecule has 1 heterocycles. The van der Waals surface area contributed by atoms with Crippen LogP contribution >= 0.6 is 0 Å². The molecule has 2 aromatic rings. The van der Waals surface area contributed by atoms with Crippen LogP contribution in [0, 0.1) is 6.92 Å². The summed E-state index contributed by atoms with van der Waals surface area (Å²) in [7, 11) is 0. The molecule has 1 N–H and O–H groups in total. The van der Waals surface area contributed by atoms with Crippen molar-refractivity contribution in [2.24, 2.45) is 0 Å². The van der Waals surface area contributed by atoms with Crippen LogP contribution < -0.4 is 5.56 Å². The maximum Gasteiger partial charge on any atom is 0.412 e. The van der Waals surface area contributed by atoms with Crippen molar-refractivity contribution in [1.82, 2.24) is 9.55 Å². The maximum absolute atomic E-state index is 12.8. The van der Waals surface area contributed by atoms with Crippen molar-refractivity contribution >= 4 is 0 Å². The highest BCUT2D eigenvalue weighted by Gasteiger charge is 2.36. The maximum atomic E-state index is 12.8. The highest BCUT2D eigenvalue weighted by atomic mass is 19.4. The lowest BCUT2D eigenvalue weighted by atomic mass is 9.88. The van der Waals surface area contributed by atoms with E-state index in [-0.39, 0.29) is 36.5 Å². The fourth-order valence-corrected chi connectivity index (χ4v) is 3.08. The molecule has 1 aliphatic carbocycles. The van der Waals surface area contributed by atoms with Crippen molar-refractivity contribution in [2.75, 3.05) is 0 Å². The van der Waals surface area contributed by atoms with Gasteiger partial charge in [-0.15, -0.1) is 0 Å². The fourth-order valence-electron chi connectivity index (χ4n) is 3.08. The first-order chi connectivity index (χ1) is 11.8. The molecule has 132 valence electrons. The SMILES string of the molecule is Cc1cc(=O)n(-c2ccc(O)cc2)c(C2CC=C(C(F)(F)F)CC2)n1. The predicted octanol–water partition coefficient (Wildman–Crippen LogP) is 4.00. The summed E-state index contributed by atoms with van der Waals surface area (Å²) in [4.78, 5) is 16.9. The third kappa shape index (κ3) is 3.60. The van der Waals surface area contributed by atoms with Gasteiger partial charge in [-0.05, 0) is 50.5 Å². The standard InChI is InChI=1S/C18H17F3N2O2/c1-11-10-16(25)23(14-6-8-15(24)9-7-14)17(22-11)12-2-4-13(5-3-12)18(19,20)21/h4,6-10,12,24H,2-3,5H2,1H3. The predicted molar refractivity (Wildman–Crippen MR) is 87.0 cm³/mol. The first-order valence-corrected chi connectivity index (χ1v) is 7.92. The number of halogens is 3. The Labute approximate surface area is 142 Å². The topological polar surface area (TPSA) is 55.1 Å². The average molecular weight is 350 g/mol. The molecular formula is C18H17F3N2O2. The highest BCUT2D eigenvalue weighted by molar-refractivity contribution is 5.38. The Morgan fingerprint density at radius 1 is 1.24 bits per heavy atom. The summed E-state index contributed by atoms with van der Waals surface area (Å²) in [5, 5.41) is 9.42. The zero-order valence-corrected chi connectivity index (χ0v) is 13.5. The lowest BCUT2D eigenvalue weighted by Gasteiger charge is -2.25. The summed E-state index contributed by atoms with van der Waals surface area (Å²) in [5.41, 5.74) is 0.241. The number of aryl methyl sites for hydroxylation is 1. The quantitative estimate of drug-likeness (QED) is 0.833. The van der Waals surface area contributed by atoms with Crippen LogP contribution in [0.1, 0.15) is 36.7 Å². The minimum Gasteiger partial charge on any atom is -0.508 e. The van der Waals surface area contributed by atoms with Gasteiger partial charge in [0.1, 0.15) is 11.6 Å². The molecule has 1 atom stereocenters. The van der Waals surface area contributed by atoms with E-state index >= 15 is 0 Å². The molecule has 0 fully saturated rings. The number of hydrogen-bond donors (Lipinski definition) is 1. The Morgan fingerprint density at radius 3 is 2.48 bits per heavy atom. The smallest absolute Gasteiger partial charge is 0.412 e. The number of phenols is 1.